The topological polar surface area (TPSA) is 44.5 Å². The summed E-state index contributed by atoms with van der Waals surface area (Å²) in [7, 11) is 1.63. The lowest BCUT2D eigenvalue weighted by Crippen LogP contribution is -2.17. The Morgan fingerprint density at radius 2 is 2.06 bits per heavy atom. The average Bonchev–Trinajstić information content (AvgIpc) is 2.83. The van der Waals surface area contributed by atoms with E-state index in [9.17, 15) is 0 Å². The molecule has 96 valence electrons. The fourth-order valence-electron chi connectivity index (χ4n) is 1.59. The molecule has 1 heterocycles. The number of halogens is 1. The van der Waals surface area contributed by atoms with Crippen LogP contribution in [0.15, 0.2) is 40.2 Å². The van der Waals surface area contributed by atoms with Gasteiger partial charge in [0.05, 0.1) is 7.11 Å². The van der Waals surface area contributed by atoms with Crippen LogP contribution < -0.4 is 15.2 Å². The Morgan fingerprint density at radius 1 is 1.33 bits per heavy atom. The minimum atomic E-state index is -0.155. The lowest BCUT2D eigenvalue weighted by molar-refractivity contribution is 0.208. The molecule has 0 saturated carbocycles. The number of thiophene rings is 1. The molecule has 0 spiro atoms. The van der Waals surface area contributed by atoms with Gasteiger partial charge in [-0.15, -0.1) is 11.3 Å². The van der Waals surface area contributed by atoms with Crippen LogP contribution in [0.4, 0.5) is 0 Å². The third-order valence-corrected chi connectivity index (χ3v) is 4.24. The summed E-state index contributed by atoms with van der Waals surface area (Å²) in [6, 6.07) is 9.59. The highest BCUT2D eigenvalue weighted by Gasteiger charge is 2.15. The predicted molar refractivity (Wildman–Crippen MR) is 77.4 cm³/mol. The molecule has 2 rings (SSSR count). The van der Waals surface area contributed by atoms with E-state index >= 15 is 0 Å². The van der Waals surface area contributed by atoms with E-state index in [1.807, 2.05) is 35.7 Å². The molecule has 1 atom stereocenters. The van der Waals surface area contributed by atoms with Gasteiger partial charge in [0, 0.05) is 21.3 Å². The summed E-state index contributed by atoms with van der Waals surface area (Å²) >= 11 is 5.05. The van der Waals surface area contributed by atoms with E-state index in [-0.39, 0.29) is 6.10 Å². The maximum atomic E-state index is 5.92. The van der Waals surface area contributed by atoms with Crippen LogP contribution in [0.1, 0.15) is 11.0 Å². The average molecular weight is 328 g/mol. The highest BCUT2D eigenvalue weighted by molar-refractivity contribution is 9.10. The molecule has 0 fully saturated rings. The van der Waals surface area contributed by atoms with Gasteiger partial charge >= 0.3 is 0 Å². The van der Waals surface area contributed by atoms with Crippen molar-refractivity contribution < 1.29 is 9.47 Å². The fraction of sp³-hybridized carbons (Fsp3) is 0.231. The summed E-state index contributed by atoms with van der Waals surface area (Å²) in [4.78, 5) is 1.09. The van der Waals surface area contributed by atoms with Gasteiger partial charge in [0.1, 0.15) is 6.10 Å². The van der Waals surface area contributed by atoms with Gasteiger partial charge in [-0.05, 0) is 34.1 Å². The molecule has 5 heteroatoms. The predicted octanol–water partition coefficient (Wildman–Crippen LogP) is 3.60. The van der Waals surface area contributed by atoms with Crippen molar-refractivity contribution in [2.75, 3.05) is 13.7 Å². The Balaban J connectivity index is 2.20. The molecule has 0 saturated heterocycles. The molecule has 1 aromatic carbocycles. The van der Waals surface area contributed by atoms with Crippen molar-refractivity contribution in [3.63, 3.8) is 0 Å². The lowest BCUT2D eigenvalue weighted by Gasteiger charge is -2.17. The molecule has 0 bridgehead atoms. The Morgan fingerprint density at radius 3 is 2.61 bits per heavy atom. The molecule has 0 amide bonds. The smallest absolute Gasteiger partial charge is 0.162 e. The van der Waals surface area contributed by atoms with E-state index < -0.39 is 0 Å². The summed E-state index contributed by atoms with van der Waals surface area (Å²) in [5, 5.41) is 2.02. The molecular weight excluding hydrogens is 314 g/mol. The zero-order valence-corrected chi connectivity index (χ0v) is 12.3. The minimum absolute atomic E-state index is 0.155. The van der Waals surface area contributed by atoms with Crippen LogP contribution in [0.25, 0.3) is 0 Å². The van der Waals surface area contributed by atoms with Crippen molar-refractivity contribution in [1.82, 2.24) is 0 Å². The Bertz CT molecular complexity index is 515. The normalized spacial score (nSPS) is 12.2. The molecule has 2 aromatic rings. The Hall–Kier alpha value is -1.04. The summed E-state index contributed by atoms with van der Waals surface area (Å²) in [5.41, 5.74) is 5.78. The number of hydrogen-bond donors (Lipinski definition) is 1. The van der Waals surface area contributed by atoms with Crippen LogP contribution in [0.2, 0.25) is 0 Å². The molecule has 0 aliphatic heterocycles. The van der Waals surface area contributed by atoms with E-state index in [4.69, 9.17) is 15.2 Å². The second kappa shape index (κ2) is 6.22. The minimum Gasteiger partial charge on any atom is -0.493 e. The second-order valence-electron chi connectivity index (χ2n) is 3.66. The van der Waals surface area contributed by atoms with E-state index in [1.165, 1.54) is 0 Å². The third kappa shape index (κ3) is 3.04. The zero-order chi connectivity index (χ0) is 13.0. The van der Waals surface area contributed by atoms with Crippen LogP contribution in [0.5, 0.6) is 11.5 Å². The number of benzene rings is 1. The van der Waals surface area contributed by atoms with Gasteiger partial charge in [-0.2, -0.15) is 0 Å². The van der Waals surface area contributed by atoms with Gasteiger partial charge in [-0.3, -0.25) is 0 Å². The van der Waals surface area contributed by atoms with Crippen molar-refractivity contribution in [1.29, 1.82) is 0 Å². The van der Waals surface area contributed by atoms with Crippen molar-refractivity contribution in [3.8, 4) is 11.5 Å². The first-order valence-electron chi connectivity index (χ1n) is 5.48. The van der Waals surface area contributed by atoms with Crippen LogP contribution in [-0.4, -0.2) is 13.7 Å². The van der Waals surface area contributed by atoms with E-state index in [1.54, 1.807) is 18.4 Å². The lowest BCUT2D eigenvalue weighted by atomic mass is 10.2. The number of rotatable bonds is 5. The van der Waals surface area contributed by atoms with Gasteiger partial charge in [-0.1, -0.05) is 12.1 Å². The number of nitrogens with two attached hydrogens (primary N) is 1. The van der Waals surface area contributed by atoms with Crippen LogP contribution in [-0.2, 0) is 0 Å². The molecule has 18 heavy (non-hydrogen) atoms. The summed E-state index contributed by atoms with van der Waals surface area (Å²) in [6.45, 7) is 0.422. The maximum absolute atomic E-state index is 5.92. The quantitative estimate of drug-likeness (QED) is 0.912. The highest BCUT2D eigenvalue weighted by atomic mass is 79.9. The van der Waals surface area contributed by atoms with Gasteiger partial charge in [0.15, 0.2) is 11.5 Å². The summed E-state index contributed by atoms with van der Waals surface area (Å²) in [5.74, 6) is 1.42. The molecule has 0 radical (unpaired) electrons. The largest absolute Gasteiger partial charge is 0.493 e. The van der Waals surface area contributed by atoms with E-state index in [0.717, 1.165) is 9.35 Å². The van der Waals surface area contributed by atoms with Crippen LogP contribution >= 0.6 is 27.3 Å². The molecule has 0 aliphatic carbocycles. The second-order valence-corrected chi connectivity index (χ2v) is 5.52. The molecule has 3 nitrogen and oxygen atoms in total. The third-order valence-electron chi connectivity index (χ3n) is 2.46. The molecule has 0 aliphatic rings. The van der Waals surface area contributed by atoms with Crippen molar-refractivity contribution >= 4 is 27.3 Å². The SMILES string of the molecule is COc1ccccc1OC(CN)c1cc(Br)cs1. The summed E-state index contributed by atoms with van der Waals surface area (Å²) in [6.07, 6.45) is -0.155. The number of ether oxygens (including phenoxy) is 2. The Kier molecular flexibility index (Phi) is 4.63. The van der Waals surface area contributed by atoms with Crippen molar-refractivity contribution in [2.45, 2.75) is 6.10 Å². The van der Waals surface area contributed by atoms with Crippen LogP contribution in [0.3, 0.4) is 0 Å². The molecule has 1 unspecified atom stereocenters. The first kappa shape index (κ1) is 13.4. The number of methoxy groups -OCH3 is 1. The molecule has 1 aromatic heterocycles. The first-order chi connectivity index (χ1) is 8.74. The monoisotopic (exact) mass is 327 g/mol. The van der Waals surface area contributed by atoms with Gasteiger partial charge < -0.3 is 15.2 Å². The van der Waals surface area contributed by atoms with Gasteiger partial charge in [-0.25, -0.2) is 0 Å². The zero-order valence-electron chi connectivity index (χ0n) is 9.93. The first-order valence-corrected chi connectivity index (χ1v) is 7.15. The van der Waals surface area contributed by atoms with Crippen LogP contribution in [0, 0.1) is 0 Å². The van der Waals surface area contributed by atoms with Crippen molar-refractivity contribution in [2.24, 2.45) is 5.73 Å². The van der Waals surface area contributed by atoms with Gasteiger partial charge in [0.2, 0.25) is 0 Å². The molecule has 2 N–H and O–H groups in total. The fourth-order valence-corrected chi connectivity index (χ4v) is 3.08. The van der Waals surface area contributed by atoms with Crippen molar-refractivity contribution in [3.05, 3.63) is 45.1 Å². The Labute approximate surface area is 119 Å². The highest BCUT2D eigenvalue weighted by Crippen LogP contribution is 2.33. The van der Waals surface area contributed by atoms with E-state index in [0.29, 0.717) is 18.0 Å². The number of para-hydroxylation sites is 2. The van der Waals surface area contributed by atoms with Gasteiger partial charge in [0.25, 0.3) is 0 Å². The van der Waals surface area contributed by atoms with E-state index in [2.05, 4.69) is 15.9 Å². The number of hydrogen-bond acceptors (Lipinski definition) is 4. The molecular formula is C13H14BrNO2S. The summed E-state index contributed by atoms with van der Waals surface area (Å²) < 4.78 is 12.2. The standard InChI is InChI=1S/C13H14BrNO2S/c1-16-10-4-2-3-5-11(10)17-12(7-15)13-6-9(14)8-18-13/h2-6,8,12H,7,15H2,1H3. The maximum Gasteiger partial charge on any atom is 0.162 e.